The third kappa shape index (κ3) is 3.86. The van der Waals surface area contributed by atoms with Crippen LogP contribution in [0.25, 0.3) is 0 Å². The molecule has 1 saturated heterocycles. The summed E-state index contributed by atoms with van der Waals surface area (Å²) >= 11 is 1.60. The number of nitrogens with zero attached hydrogens (tertiary/aromatic N) is 1. The van der Waals surface area contributed by atoms with Gasteiger partial charge < -0.3 is 10.2 Å². The third-order valence-electron chi connectivity index (χ3n) is 6.00. The van der Waals surface area contributed by atoms with Crippen LogP contribution in [0.15, 0.2) is 24.3 Å². The Labute approximate surface area is 170 Å². The number of thiophene rings is 1. The smallest absolute Gasteiger partial charge is 0.257 e. The van der Waals surface area contributed by atoms with Gasteiger partial charge in [0.25, 0.3) is 11.8 Å². The standard InChI is InChI=1S/C23H28N2O2S/c1-15-7-9-17(10-8-15)21(26)24-22-20(18-5-3-4-6-19(18)28-22)23(27)25-13-11-16(2)12-14-25/h7-10,16H,3-6,11-14H2,1-2H3,(H,24,26). The molecule has 1 aliphatic heterocycles. The van der Waals surface area contributed by atoms with Crippen LogP contribution in [-0.4, -0.2) is 29.8 Å². The van der Waals surface area contributed by atoms with Crippen LogP contribution in [-0.2, 0) is 12.8 Å². The molecule has 0 radical (unpaired) electrons. The fourth-order valence-electron chi connectivity index (χ4n) is 4.13. The number of anilines is 1. The summed E-state index contributed by atoms with van der Waals surface area (Å²) in [5.41, 5.74) is 3.69. The Bertz CT molecular complexity index is 877. The van der Waals surface area contributed by atoms with Gasteiger partial charge in [-0.2, -0.15) is 0 Å². The third-order valence-corrected chi connectivity index (χ3v) is 7.20. The van der Waals surface area contributed by atoms with Crippen molar-refractivity contribution in [2.45, 2.75) is 52.4 Å². The number of amides is 2. The van der Waals surface area contributed by atoms with Gasteiger partial charge in [0, 0.05) is 23.5 Å². The molecule has 1 N–H and O–H groups in total. The molecule has 4 nitrogen and oxygen atoms in total. The summed E-state index contributed by atoms with van der Waals surface area (Å²) in [5, 5.41) is 3.80. The van der Waals surface area contributed by atoms with E-state index in [2.05, 4.69) is 12.2 Å². The summed E-state index contributed by atoms with van der Waals surface area (Å²) in [5.74, 6) is 0.645. The van der Waals surface area contributed by atoms with Crippen molar-refractivity contribution >= 4 is 28.2 Å². The molecular weight excluding hydrogens is 368 g/mol. The van der Waals surface area contributed by atoms with Gasteiger partial charge in [0.05, 0.1) is 5.56 Å². The van der Waals surface area contributed by atoms with E-state index in [1.165, 1.54) is 10.4 Å². The lowest BCUT2D eigenvalue weighted by molar-refractivity contribution is 0.0697. The van der Waals surface area contributed by atoms with E-state index in [1.807, 2.05) is 36.1 Å². The van der Waals surface area contributed by atoms with Crippen molar-refractivity contribution in [1.29, 1.82) is 0 Å². The monoisotopic (exact) mass is 396 g/mol. The largest absolute Gasteiger partial charge is 0.339 e. The van der Waals surface area contributed by atoms with E-state index >= 15 is 0 Å². The zero-order valence-corrected chi connectivity index (χ0v) is 17.5. The summed E-state index contributed by atoms with van der Waals surface area (Å²) in [6, 6.07) is 7.56. The minimum atomic E-state index is -0.139. The number of fused-ring (bicyclic) bond motifs is 1. The first-order valence-corrected chi connectivity index (χ1v) is 11.2. The molecule has 0 unspecified atom stereocenters. The average molecular weight is 397 g/mol. The van der Waals surface area contributed by atoms with Gasteiger partial charge >= 0.3 is 0 Å². The van der Waals surface area contributed by atoms with Crippen molar-refractivity contribution in [3.8, 4) is 0 Å². The highest BCUT2D eigenvalue weighted by Gasteiger charge is 2.30. The van der Waals surface area contributed by atoms with Gasteiger partial charge in [-0.1, -0.05) is 24.6 Å². The molecule has 0 bridgehead atoms. The van der Waals surface area contributed by atoms with Crippen molar-refractivity contribution in [1.82, 2.24) is 4.90 Å². The predicted octanol–water partition coefficient (Wildman–Crippen LogP) is 5.06. The van der Waals surface area contributed by atoms with Crippen LogP contribution < -0.4 is 5.32 Å². The van der Waals surface area contributed by atoms with E-state index in [0.717, 1.165) is 67.7 Å². The molecule has 2 aromatic rings. The Balaban J connectivity index is 1.63. The number of carbonyl (C=O) groups excluding carboxylic acids is 2. The summed E-state index contributed by atoms with van der Waals surface area (Å²) in [6.07, 6.45) is 6.35. The zero-order chi connectivity index (χ0) is 19.7. The number of likely N-dealkylation sites (tertiary alicyclic amines) is 1. The Kier molecular flexibility index (Phi) is 5.54. The second-order valence-electron chi connectivity index (χ2n) is 8.21. The molecule has 1 aliphatic carbocycles. The molecular formula is C23H28N2O2S. The molecule has 2 heterocycles. The van der Waals surface area contributed by atoms with E-state index in [-0.39, 0.29) is 11.8 Å². The molecule has 1 fully saturated rings. The Morgan fingerprint density at radius 3 is 2.46 bits per heavy atom. The molecule has 1 aromatic carbocycles. The molecule has 0 saturated carbocycles. The molecule has 5 heteroatoms. The minimum Gasteiger partial charge on any atom is -0.339 e. The van der Waals surface area contributed by atoms with Gasteiger partial charge in [-0.05, 0) is 69.1 Å². The highest BCUT2D eigenvalue weighted by Crippen LogP contribution is 2.39. The van der Waals surface area contributed by atoms with Crippen LogP contribution in [0.4, 0.5) is 5.00 Å². The quantitative estimate of drug-likeness (QED) is 0.788. The second-order valence-corrected chi connectivity index (χ2v) is 9.32. The number of carbonyl (C=O) groups is 2. The molecule has 4 rings (SSSR count). The molecule has 0 spiro atoms. The fraction of sp³-hybridized carbons (Fsp3) is 0.478. The first-order valence-electron chi connectivity index (χ1n) is 10.3. The molecule has 28 heavy (non-hydrogen) atoms. The molecule has 1 aromatic heterocycles. The van der Waals surface area contributed by atoms with Gasteiger partial charge in [0.2, 0.25) is 0 Å². The van der Waals surface area contributed by atoms with Crippen LogP contribution in [0.1, 0.15) is 69.3 Å². The van der Waals surface area contributed by atoms with Crippen molar-refractivity contribution in [2.75, 3.05) is 18.4 Å². The van der Waals surface area contributed by atoms with Crippen LogP contribution in [0.2, 0.25) is 0 Å². The summed E-state index contributed by atoms with van der Waals surface area (Å²) in [6.45, 7) is 5.89. The first kappa shape index (κ1) is 19.2. The van der Waals surface area contributed by atoms with Gasteiger partial charge in [0.1, 0.15) is 5.00 Å². The van der Waals surface area contributed by atoms with Crippen molar-refractivity contribution in [3.63, 3.8) is 0 Å². The van der Waals surface area contributed by atoms with Crippen LogP contribution in [0, 0.1) is 12.8 Å². The van der Waals surface area contributed by atoms with Gasteiger partial charge in [-0.3, -0.25) is 9.59 Å². The van der Waals surface area contributed by atoms with Gasteiger partial charge in [0.15, 0.2) is 0 Å². The number of nitrogens with one attached hydrogen (secondary N) is 1. The lowest BCUT2D eigenvalue weighted by atomic mass is 9.93. The predicted molar refractivity (Wildman–Crippen MR) is 114 cm³/mol. The number of rotatable bonds is 3. The average Bonchev–Trinajstić information content (AvgIpc) is 3.06. The maximum atomic E-state index is 13.4. The van der Waals surface area contributed by atoms with Crippen molar-refractivity contribution < 1.29 is 9.59 Å². The second kappa shape index (κ2) is 8.08. The maximum absolute atomic E-state index is 13.4. The lowest BCUT2D eigenvalue weighted by Crippen LogP contribution is -2.38. The summed E-state index contributed by atoms with van der Waals surface area (Å²) < 4.78 is 0. The van der Waals surface area contributed by atoms with Gasteiger partial charge in [-0.25, -0.2) is 0 Å². The van der Waals surface area contributed by atoms with E-state index in [0.29, 0.717) is 11.5 Å². The molecule has 2 amide bonds. The van der Waals surface area contributed by atoms with E-state index in [1.54, 1.807) is 11.3 Å². The molecule has 0 atom stereocenters. The summed E-state index contributed by atoms with van der Waals surface area (Å²) in [7, 11) is 0. The lowest BCUT2D eigenvalue weighted by Gasteiger charge is -2.31. The van der Waals surface area contributed by atoms with Crippen molar-refractivity contribution in [3.05, 3.63) is 51.4 Å². The SMILES string of the molecule is Cc1ccc(C(=O)Nc2sc3c(c2C(=O)N2CCC(C)CC2)CCCC3)cc1. The number of benzene rings is 1. The first-order chi connectivity index (χ1) is 13.5. The van der Waals surface area contributed by atoms with Crippen LogP contribution in [0.5, 0.6) is 0 Å². The normalized spacial score (nSPS) is 17.3. The molecule has 148 valence electrons. The highest BCUT2D eigenvalue weighted by molar-refractivity contribution is 7.17. The Morgan fingerprint density at radius 1 is 1.07 bits per heavy atom. The Morgan fingerprint density at radius 2 is 1.75 bits per heavy atom. The van der Waals surface area contributed by atoms with Gasteiger partial charge in [-0.15, -0.1) is 11.3 Å². The topological polar surface area (TPSA) is 49.4 Å². The Hall–Kier alpha value is -2.14. The van der Waals surface area contributed by atoms with Crippen LogP contribution >= 0.6 is 11.3 Å². The van der Waals surface area contributed by atoms with E-state index in [9.17, 15) is 9.59 Å². The van der Waals surface area contributed by atoms with E-state index in [4.69, 9.17) is 0 Å². The summed E-state index contributed by atoms with van der Waals surface area (Å²) in [4.78, 5) is 29.5. The molecule has 2 aliphatic rings. The zero-order valence-electron chi connectivity index (χ0n) is 16.7. The number of piperidine rings is 1. The minimum absolute atomic E-state index is 0.102. The number of aryl methyl sites for hydroxylation is 2. The van der Waals surface area contributed by atoms with Crippen molar-refractivity contribution in [2.24, 2.45) is 5.92 Å². The number of hydrogen-bond donors (Lipinski definition) is 1. The van der Waals surface area contributed by atoms with E-state index < -0.39 is 0 Å². The number of hydrogen-bond acceptors (Lipinski definition) is 3. The highest BCUT2D eigenvalue weighted by atomic mass is 32.1. The van der Waals surface area contributed by atoms with Crippen LogP contribution in [0.3, 0.4) is 0 Å². The maximum Gasteiger partial charge on any atom is 0.257 e. The fourth-order valence-corrected chi connectivity index (χ4v) is 5.41.